The fraction of sp³-hybridized carbons (Fsp3) is 0. The molecule has 0 N–H and O–H groups in total. The van der Waals surface area contributed by atoms with E-state index in [9.17, 15) is 0 Å². The molecular weight excluding hydrogens is 613 g/mol. The molecular formula is C46H30N2S. The lowest BCUT2D eigenvalue weighted by atomic mass is 9.93. The van der Waals surface area contributed by atoms with E-state index < -0.39 is 0 Å². The molecule has 0 aliphatic heterocycles. The summed E-state index contributed by atoms with van der Waals surface area (Å²) in [6.45, 7) is 0. The van der Waals surface area contributed by atoms with Crippen LogP contribution in [0.1, 0.15) is 0 Å². The number of benzene rings is 7. The van der Waals surface area contributed by atoms with Gasteiger partial charge in [-0.15, -0.1) is 11.3 Å². The van der Waals surface area contributed by atoms with E-state index in [2.05, 4.69) is 164 Å². The minimum atomic E-state index is 0.719. The van der Waals surface area contributed by atoms with Crippen LogP contribution >= 0.6 is 11.3 Å². The number of thiophene rings is 1. The lowest BCUT2D eigenvalue weighted by Crippen LogP contribution is -1.96. The lowest BCUT2D eigenvalue weighted by Gasteiger charge is -2.12. The van der Waals surface area contributed by atoms with Crippen molar-refractivity contribution in [2.75, 3.05) is 0 Å². The van der Waals surface area contributed by atoms with Gasteiger partial charge in [-0.25, -0.2) is 9.97 Å². The summed E-state index contributed by atoms with van der Waals surface area (Å²) < 4.78 is 2.56. The first-order chi connectivity index (χ1) is 24.2. The van der Waals surface area contributed by atoms with Gasteiger partial charge >= 0.3 is 0 Å². The van der Waals surface area contributed by atoms with Gasteiger partial charge < -0.3 is 0 Å². The summed E-state index contributed by atoms with van der Waals surface area (Å²) in [6.07, 6.45) is 0. The van der Waals surface area contributed by atoms with E-state index >= 15 is 0 Å². The Morgan fingerprint density at radius 1 is 0.286 bits per heavy atom. The van der Waals surface area contributed by atoms with Crippen molar-refractivity contribution in [2.45, 2.75) is 0 Å². The van der Waals surface area contributed by atoms with Crippen LogP contribution in [0.2, 0.25) is 0 Å². The molecule has 0 radical (unpaired) electrons. The van der Waals surface area contributed by atoms with E-state index in [1.165, 1.54) is 48.0 Å². The van der Waals surface area contributed by atoms with Crippen molar-refractivity contribution in [1.82, 2.24) is 9.97 Å². The Bertz CT molecular complexity index is 2510. The summed E-state index contributed by atoms with van der Waals surface area (Å²) in [7, 11) is 0. The van der Waals surface area contributed by atoms with Crippen molar-refractivity contribution in [3.05, 3.63) is 182 Å². The highest BCUT2D eigenvalue weighted by molar-refractivity contribution is 7.25. The van der Waals surface area contributed by atoms with Crippen LogP contribution in [0.25, 0.3) is 87.5 Å². The smallest absolute Gasteiger partial charge is 0.160 e. The third-order valence-electron chi connectivity index (χ3n) is 9.09. The van der Waals surface area contributed by atoms with Crippen molar-refractivity contribution in [3.8, 4) is 67.3 Å². The molecule has 0 saturated carbocycles. The molecule has 0 atom stereocenters. The van der Waals surface area contributed by atoms with Crippen LogP contribution in [0.4, 0.5) is 0 Å². The van der Waals surface area contributed by atoms with E-state index in [-0.39, 0.29) is 0 Å². The van der Waals surface area contributed by atoms with Crippen molar-refractivity contribution in [1.29, 1.82) is 0 Å². The standard InChI is InChI=1S/C46H30N2S/c1-4-12-31(13-5-1)37-26-38(32-14-6-2-7-15-32)28-39(27-37)33-20-22-34(23-21-33)42-30-43(48-46(47-42)35-16-8-3-9-17-35)36-24-25-41-40-18-10-11-19-44(40)49-45(41)29-36/h1-30H. The van der Waals surface area contributed by atoms with Gasteiger partial charge in [-0.2, -0.15) is 0 Å². The molecule has 230 valence electrons. The molecule has 0 aliphatic carbocycles. The number of nitrogens with zero attached hydrogens (tertiary/aromatic N) is 2. The van der Waals surface area contributed by atoms with Gasteiger partial charge in [0.15, 0.2) is 5.82 Å². The molecule has 2 heterocycles. The van der Waals surface area contributed by atoms with Gasteiger partial charge in [0.1, 0.15) is 0 Å². The van der Waals surface area contributed by atoms with E-state index in [0.717, 1.165) is 39.5 Å². The van der Waals surface area contributed by atoms with Crippen molar-refractivity contribution in [3.63, 3.8) is 0 Å². The highest BCUT2D eigenvalue weighted by atomic mass is 32.1. The minimum absolute atomic E-state index is 0.719. The minimum Gasteiger partial charge on any atom is -0.228 e. The first kappa shape index (κ1) is 29.0. The maximum atomic E-state index is 5.10. The Kier molecular flexibility index (Phi) is 7.38. The van der Waals surface area contributed by atoms with Crippen molar-refractivity contribution in [2.24, 2.45) is 0 Å². The molecule has 0 spiro atoms. The molecule has 0 unspecified atom stereocenters. The lowest BCUT2D eigenvalue weighted by molar-refractivity contribution is 1.18. The number of rotatable bonds is 6. The van der Waals surface area contributed by atoms with E-state index in [0.29, 0.717) is 0 Å². The number of fused-ring (bicyclic) bond motifs is 3. The molecule has 49 heavy (non-hydrogen) atoms. The third-order valence-corrected chi connectivity index (χ3v) is 10.2. The van der Waals surface area contributed by atoms with Crippen molar-refractivity contribution < 1.29 is 0 Å². The van der Waals surface area contributed by atoms with Crippen LogP contribution in [-0.4, -0.2) is 9.97 Å². The van der Waals surface area contributed by atoms with Crippen LogP contribution < -0.4 is 0 Å². The molecule has 2 nitrogen and oxygen atoms in total. The average Bonchev–Trinajstić information content (AvgIpc) is 3.57. The molecule has 0 fully saturated rings. The number of hydrogen-bond acceptors (Lipinski definition) is 3. The molecule has 3 heteroatoms. The third kappa shape index (κ3) is 5.71. The van der Waals surface area contributed by atoms with E-state index in [1.54, 1.807) is 0 Å². The summed E-state index contributed by atoms with van der Waals surface area (Å²) in [4.78, 5) is 10.2. The first-order valence-corrected chi connectivity index (χ1v) is 17.3. The Balaban J connectivity index is 1.13. The van der Waals surface area contributed by atoms with Gasteiger partial charge in [0, 0.05) is 36.9 Å². The fourth-order valence-corrected chi connectivity index (χ4v) is 7.71. The van der Waals surface area contributed by atoms with Crippen LogP contribution in [-0.2, 0) is 0 Å². The Hall–Kier alpha value is -6.16. The number of aromatic nitrogens is 2. The van der Waals surface area contributed by atoms with Crippen LogP contribution in [0.3, 0.4) is 0 Å². The normalized spacial score (nSPS) is 11.3. The summed E-state index contributed by atoms with van der Waals surface area (Å²) in [6, 6.07) is 64.5. The highest BCUT2D eigenvalue weighted by Crippen LogP contribution is 2.38. The summed E-state index contributed by atoms with van der Waals surface area (Å²) >= 11 is 1.83. The fourth-order valence-electron chi connectivity index (χ4n) is 6.57. The van der Waals surface area contributed by atoms with E-state index in [4.69, 9.17) is 9.97 Å². The zero-order valence-electron chi connectivity index (χ0n) is 26.6. The molecule has 9 aromatic rings. The Morgan fingerprint density at radius 2 is 0.735 bits per heavy atom. The summed E-state index contributed by atoms with van der Waals surface area (Å²) in [5, 5.41) is 2.58. The van der Waals surface area contributed by atoms with Crippen molar-refractivity contribution >= 4 is 31.5 Å². The molecule has 0 bridgehead atoms. The first-order valence-electron chi connectivity index (χ1n) is 16.5. The second kappa shape index (κ2) is 12.5. The van der Waals surface area contributed by atoms with Gasteiger partial charge in [-0.3, -0.25) is 0 Å². The monoisotopic (exact) mass is 642 g/mol. The van der Waals surface area contributed by atoms with E-state index in [1.807, 2.05) is 29.5 Å². The Labute approximate surface area is 289 Å². The average molecular weight is 643 g/mol. The van der Waals surface area contributed by atoms with Gasteiger partial charge in [-0.1, -0.05) is 146 Å². The summed E-state index contributed by atoms with van der Waals surface area (Å²) in [5.41, 5.74) is 12.1. The SMILES string of the molecule is c1ccc(-c2cc(-c3ccccc3)cc(-c3ccc(-c4cc(-c5ccc6c(c5)sc5ccccc56)nc(-c5ccccc5)n4)cc3)c2)cc1. The quantitative estimate of drug-likeness (QED) is 0.180. The van der Waals surface area contributed by atoms with Gasteiger partial charge in [-0.05, 0) is 69.8 Å². The van der Waals surface area contributed by atoms with Gasteiger partial charge in [0.25, 0.3) is 0 Å². The molecule has 0 aliphatic rings. The second-order valence-electron chi connectivity index (χ2n) is 12.2. The maximum Gasteiger partial charge on any atom is 0.160 e. The van der Waals surface area contributed by atoms with Crippen LogP contribution in [0, 0.1) is 0 Å². The van der Waals surface area contributed by atoms with Crippen LogP contribution in [0.15, 0.2) is 182 Å². The second-order valence-corrected chi connectivity index (χ2v) is 13.3. The molecule has 7 aromatic carbocycles. The number of hydrogen-bond donors (Lipinski definition) is 0. The molecule has 2 aromatic heterocycles. The van der Waals surface area contributed by atoms with Gasteiger partial charge in [0.05, 0.1) is 11.4 Å². The predicted octanol–water partition coefficient (Wildman–Crippen LogP) is 12.8. The molecule has 9 rings (SSSR count). The topological polar surface area (TPSA) is 25.8 Å². The van der Waals surface area contributed by atoms with Gasteiger partial charge in [0.2, 0.25) is 0 Å². The Morgan fingerprint density at radius 3 is 1.35 bits per heavy atom. The largest absolute Gasteiger partial charge is 0.228 e. The predicted molar refractivity (Wildman–Crippen MR) is 208 cm³/mol. The highest BCUT2D eigenvalue weighted by Gasteiger charge is 2.14. The molecule has 0 saturated heterocycles. The maximum absolute atomic E-state index is 5.10. The zero-order valence-corrected chi connectivity index (χ0v) is 27.4. The summed E-state index contributed by atoms with van der Waals surface area (Å²) in [5.74, 6) is 0.719. The van der Waals surface area contributed by atoms with Crippen LogP contribution in [0.5, 0.6) is 0 Å². The molecule has 0 amide bonds. The zero-order chi connectivity index (χ0) is 32.6.